The lowest BCUT2D eigenvalue weighted by Gasteiger charge is -1.97. The summed E-state index contributed by atoms with van der Waals surface area (Å²) in [5.74, 6) is 0.869. The Balaban J connectivity index is 2.44. The molecule has 0 saturated carbocycles. The van der Waals surface area contributed by atoms with Crippen LogP contribution in [0.4, 0.5) is 0 Å². The predicted octanol–water partition coefficient (Wildman–Crippen LogP) is 1.69. The SMILES string of the molecule is CCCOc1cnn(CC)c1. The Morgan fingerprint density at radius 3 is 2.91 bits per heavy atom. The fraction of sp³-hybridized carbons (Fsp3) is 0.625. The van der Waals surface area contributed by atoms with E-state index in [-0.39, 0.29) is 0 Å². The number of aromatic nitrogens is 2. The Kier molecular flexibility index (Phi) is 2.95. The van der Waals surface area contributed by atoms with Crippen LogP contribution in [0.2, 0.25) is 0 Å². The Morgan fingerprint density at radius 2 is 2.36 bits per heavy atom. The first kappa shape index (κ1) is 8.11. The zero-order chi connectivity index (χ0) is 8.10. The molecular weight excluding hydrogens is 140 g/mol. The number of hydrogen-bond acceptors (Lipinski definition) is 2. The van der Waals surface area contributed by atoms with Gasteiger partial charge in [0.2, 0.25) is 0 Å². The Hall–Kier alpha value is -0.990. The third kappa shape index (κ3) is 2.26. The smallest absolute Gasteiger partial charge is 0.157 e. The highest BCUT2D eigenvalue weighted by Crippen LogP contribution is 2.07. The number of nitrogens with zero attached hydrogens (tertiary/aromatic N) is 2. The van der Waals surface area contributed by atoms with E-state index in [1.54, 1.807) is 6.20 Å². The maximum Gasteiger partial charge on any atom is 0.157 e. The Labute approximate surface area is 67.0 Å². The van der Waals surface area contributed by atoms with Crippen molar-refractivity contribution in [1.29, 1.82) is 0 Å². The van der Waals surface area contributed by atoms with Crippen molar-refractivity contribution in [3.63, 3.8) is 0 Å². The van der Waals surface area contributed by atoms with Crippen LogP contribution in [0, 0.1) is 0 Å². The first-order valence-electron chi connectivity index (χ1n) is 4.02. The van der Waals surface area contributed by atoms with E-state index in [4.69, 9.17) is 4.74 Å². The predicted molar refractivity (Wildman–Crippen MR) is 43.7 cm³/mol. The molecule has 1 aromatic heterocycles. The monoisotopic (exact) mass is 154 g/mol. The van der Waals surface area contributed by atoms with Crippen LogP contribution in [-0.4, -0.2) is 16.4 Å². The summed E-state index contributed by atoms with van der Waals surface area (Å²) in [4.78, 5) is 0. The van der Waals surface area contributed by atoms with Gasteiger partial charge in [0.1, 0.15) is 0 Å². The summed E-state index contributed by atoms with van der Waals surface area (Å²) in [6.45, 7) is 5.81. The molecule has 1 heterocycles. The molecule has 1 rings (SSSR count). The molecule has 1 aromatic rings. The summed E-state index contributed by atoms with van der Waals surface area (Å²) >= 11 is 0. The topological polar surface area (TPSA) is 27.1 Å². The minimum Gasteiger partial charge on any atom is -0.490 e. The number of ether oxygens (including phenoxy) is 1. The third-order valence-corrected chi connectivity index (χ3v) is 1.41. The van der Waals surface area contributed by atoms with Gasteiger partial charge in [-0.25, -0.2) is 0 Å². The lowest BCUT2D eigenvalue weighted by atomic mass is 10.5. The zero-order valence-electron chi connectivity index (χ0n) is 7.08. The molecule has 0 aromatic carbocycles. The van der Waals surface area contributed by atoms with Gasteiger partial charge in [-0.3, -0.25) is 4.68 Å². The van der Waals surface area contributed by atoms with Gasteiger partial charge < -0.3 is 4.74 Å². The first-order valence-corrected chi connectivity index (χ1v) is 4.02. The van der Waals surface area contributed by atoms with Crippen molar-refractivity contribution < 1.29 is 4.74 Å². The lowest BCUT2D eigenvalue weighted by molar-refractivity contribution is 0.317. The third-order valence-electron chi connectivity index (χ3n) is 1.41. The van der Waals surface area contributed by atoms with Gasteiger partial charge in [-0.2, -0.15) is 5.10 Å². The molecular formula is C8H14N2O. The van der Waals surface area contributed by atoms with Gasteiger partial charge in [0.15, 0.2) is 5.75 Å². The maximum atomic E-state index is 5.35. The van der Waals surface area contributed by atoms with Gasteiger partial charge in [0.25, 0.3) is 0 Å². The van der Waals surface area contributed by atoms with Gasteiger partial charge in [-0.15, -0.1) is 0 Å². The molecule has 0 amide bonds. The van der Waals surface area contributed by atoms with Crippen LogP contribution in [0.25, 0.3) is 0 Å². The van der Waals surface area contributed by atoms with E-state index in [1.807, 2.05) is 10.9 Å². The quantitative estimate of drug-likeness (QED) is 0.660. The summed E-state index contributed by atoms with van der Waals surface area (Å²) in [5, 5.41) is 4.08. The summed E-state index contributed by atoms with van der Waals surface area (Å²) in [6.07, 6.45) is 4.70. The van der Waals surface area contributed by atoms with Crippen molar-refractivity contribution in [2.45, 2.75) is 26.8 Å². The Bertz CT molecular complexity index is 208. The van der Waals surface area contributed by atoms with E-state index in [2.05, 4.69) is 18.9 Å². The highest BCUT2D eigenvalue weighted by Gasteiger charge is 1.95. The van der Waals surface area contributed by atoms with E-state index in [0.717, 1.165) is 25.3 Å². The molecule has 0 fully saturated rings. The lowest BCUT2D eigenvalue weighted by Crippen LogP contribution is -1.94. The molecule has 0 aliphatic heterocycles. The van der Waals surface area contributed by atoms with Gasteiger partial charge in [0, 0.05) is 6.54 Å². The summed E-state index contributed by atoms with van der Waals surface area (Å²) in [7, 11) is 0. The largest absolute Gasteiger partial charge is 0.490 e. The van der Waals surface area contributed by atoms with Crippen molar-refractivity contribution in [2.75, 3.05) is 6.61 Å². The molecule has 3 nitrogen and oxygen atoms in total. The van der Waals surface area contributed by atoms with Gasteiger partial charge in [-0.05, 0) is 13.3 Å². The second kappa shape index (κ2) is 4.01. The fourth-order valence-electron chi connectivity index (χ4n) is 0.812. The fourth-order valence-corrected chi connectivity index (χ4v) is 0.812. The van der Waals surface area contributed by atoms with E-state index < -0.39 is 0 Å². The minimum atomic E-state index is 0.773. The van der Waals surface area contributed by atoms with Crippen molar-refractivity contribution in [3.8, 4) is 5.75 Å². The van der Waals surface area contributed by atoms with Crippen LogP contribution in [0.3, 0.4) is 0 Å². The van der Waals surface area contributed by atoms with Crippen molar-refractivity contribution in [1.82, 2.24) is 9.78 Å². The van der Waals surface area contributed by atoms with Crippen molar-refractivity contribution >= 4 is 0 Å². The molecule has 62 valence electrons. The minimum absolute atomic E-state index is 0.773. The van der Waals surface area contributed by atoms with Gasteiger partial charge in [0.05, 0.1) is 19.0 Å². The number of aryl methyl sites for hydroxylation is 1. The second-order valence-electron chi connectivity index (χ2n) is 2.38. The normalized spacial score (nSPS) is 10.0. The molecule has 0 atom stereocenters. The van der Waals surface area contributed by atoms with E-state index in [0.29, 0.717) is 0 Å². The number of rotatable bonds is 4. The highest BCUT2D eigenvalue weighted by atomic mass is 16.5. The summed E-state index contributed by atoms with van der Waals surface area (Å²) in [6, 6.07) is 0. The molecule has 0 unspecified atom stereocenters. The average molecular weight is 154 g/mol. The van der Waals surface area contributed by atoms with Gasteiger partial charge in [-0.1, -0.05) is 6.92 Å². The molecule has 0 spiro atoms. The van der Waals surface area contributed by atoms with Crippen LogP contribution >= 0.6 is 0 Å². The summed E-state index contributed by atoms with van der Waals surface area (Å²) < 4.78 is 7.21. The molecule has 0 aliphatic carbocycles. The van der Waals surface area contributed by atoms with E-state index in [1.165, 1.54) is 0 Å². The van der Waals surface area contributed by atoms with Crippen LogP contribution < -0.4 is 4.74 Å². The van der Waals surface area contributed by atoms with E-state index in [9.17, 15) is 0 Å². The molecule has 0 N–H and O–H groups in total. The molecule has 0 aliphatic rings. The van der Waals surface area contributed by atoms with Crippen LogP contribution in [-0.2, 0) is 6.54 Å². The molecule has 0 radical (unpaired) electrons. The first-order chi connectivity index (χ1) is 5.36. The molecule has 0 saturated heterocycles. The molecule has 11 heavy (non-hydrogen) atoms. The summed E-state index contributed by atoms with van der Waals surface area (Å²) in [5.41, 5.74) is 0. The molecule has 0 bridgehead atoms. The van der Waals surface area contributed by atoms with Gasteiger partial charge >= 0.3 is 0 Å². The number of hydrogen-bond donors (Lipinski definition) is 0. The average Bonchev–Trinajstić information content (AvgIpc) is 2.48. The molecule has 3 heteroatoms. The Morgan fingerprint density at radius 1 is 1.55 bits per heavy atom. The van der Waals surface area contributed by atoms with Crippen molar-refractivity contribution in [3.05, 3.63) is 12.4 Å². The standard InChI is InChI=1S/C8H14N2O/c1-3-5-11-8-6-9-10(4-2)7-8/h6-7H,3-5H2,1-2H3. The maximum absolute atomic E-state index is 5.35. The van der Waals surface area contributed by atoms with Crippen LogP contribution in [0.1, 0.15) is 20.3 Å². The zero-order valence-corrected chi connectivity index (χ0v) is 7.08. The van der Waals surface area contributed by atoms with E-state index >= 15 is 0 Å². The highest BCUT2D eigenvalue weighted by molar-refractivity contribution is 5.11. The van der Waals surface area contributed by atoms with Crippen molar-refractivity contribution in [2.24, 2.45) is 0 Å². The van der Waals surface area contributed by atoms with Crippen LogP contribution in [0.15, 0.2) is 12.4 Å². The van der Waals surface area contributed by atoms with Crippen LogP contribution in [0.5, 0.6) is 5.75 Å². The second-order valence-corrected chi connectivity index (χ2v) is 2.38.